The van der Waals surface area contributed by atoms with Gasteiger partial charge in [-0.3, -0.25) is 4.98 Å². The van der Waals surface area contributed by atoms with Crippen molar-refractivity contribution >= 4 is 55.8 Å². The number of hydrogen-bond donors (Lipinski definition) is 0. The van der Waals surface area contributed by atoms with Crippen molar-refractivity contribution in [1.29, 1.82) is 0 Å². The van der Waals surface area contributed by atoms with Gasteiger partial charge in [-0.05, 0) is 16.6 Å². The molecule has 1 aromatic heterocycles. The molecule has 6 heteroatoms. The maximum Gasteiger partial charge on any atom is 0.142 e. The van der Waals surface area contributed by atoms with Crippen LogP contribution < -0.4 is 16.5 Å². The fourth-order valence-electron chi connectivity index (χ4n) is 2.26. The molecule has 0 spiro atoms. The molecule has 0 aliphatic rings. The number of rotatable bonds is 2. The highest BCUT2D eigenvalue weighted by Gasteiger charge is 2.35. The molecule has 0 unspecified atom stereocenters. The minimum atomic E-state index is -1.25. The van der Waals surface area contributed by atoms with E-state index in [-0.39, 0.29) is 11.1 Å². The summed E-state index contributed by atoms with van der Waals surface area (Å²) < 4.78 is 0. The summed E-state index contributed by atoms with van der Waals surface area (Å²) in [5.74, 6) is 0. The first-order valence-electron chi connectivity index (χ1n) is 7.05. The maximum atomic E-state index is 6.30. The van der Waals surface area contributed by atoms with Crippen LogP contribution >= 0.6 is 0 Å². The van der Waals surface area contributed by atoms with Gasteiger partial charge < -0.3 is 0 Å². The third kappa shape index (κ3) is 2.80. The van der Waals surface area contributed by atoms with Crippen molar-refractivity contribution in [2.45, 2.75) is 26.0 Å². The standard InChI is InChI=1S/C16H14B5N/c1-15(2,3)16(20,21)10-11(17)12(18)13(22-14(10)19)9-7-5-4-6-8-9/h4-8H,1-3H3. The molecule has 1 nitrogen and oxygen atoms in total. The smallest absolute Gasteiger partial charge is 0.142 e. The van der Waals surface area contributed by atoms with Gasteiger partial charge in [-0.25, -0.2) is 0 Å². The van der Waals surface area contributed by atoms with E-state index in [1.54, 1.807) is 0 Å². The van der Waals surface area contributed by atoms with Gasteiger partial charge >= 0.3 is 0 Å². The van der Waals surface area contributed by atoms with Crippen molar-refractivity contribution in [2.75, 3.05) is 0 Å². The van der Waals surface area contributed by atoms with Gasteiger partial charge in [0.05, 0.1) is 21.4 Å². The molecule has 0 aliphatic carbocycles. The fraction of sp³-hybridized carbons (Fsp3) is 0.312. The van der Waals surface area contributed by atoms with Gasteiger partial charge in [-0.2, -0.15) is 0 Å². The summed E-state index contributed by atoms with van der Waals surface area (Å²) in [6.07, 6.45) is 0. The van der Waals surface area contributed by atoms with E-state index in [0.717, 1.165) is 5.56 Å². The molecule has 1 heterocycles. The molecule has 0 saturated carbocycles. The van der Waals surface area contributed by atoms with Crippen LogP contribution in [0.2, 0.25) is 0 Å². The molecule has 0 amide bonds. The van der Waals surface area contributed by atoms with Crippen LogP contribution in [0.4, 0.5) is 0 Å². The number of benzene rings is 1. The van der Waals surface area contributed by atoms with Crippen molar-refractivity contribution in [3.8, 4) is 11.3 Å². The lowest BCUT2D eigenvalue weighted by molar-refractivity contribution is 0.360. The second kappa shape index (κ2) is 5.72. The Morgan fingerprint density at radius 3 is 1.91 bits per heavy atom. The van der Waals surface area contributed by atoms with Crippen molar-refractivity contribution in [3.63, 3.8) is 0 Å². The average molecular weight is 274 g/mol. The van der Waals surface area contributed by atoms with E-state index in [1.165, 1.54) is 0 Å². The van der Waals surface area contributed by atoms with Crippen molar-refractivity contribution in [1.82, 2.24) is 4.98 Å². The van der Waals surface area contributed by atoms with Crippen LogP contribution in [0.3, 0.4) is 0 Å². The Morgan fingerprint density at radius 2 is 1.41 bits per heavy atom. The highest BCUT2D eigenvalue weighted by molar-refractivity contribution is 6.55. The molecule has 22 heavy (non-hydrogen) atoms. The summed E-state index contributed by atoms with van der Waals surface area (Å²) >= 11 is 0. The third-order valence-corrected chi connectivity index (χ3v) is 4.00. The second-order valence-corrected chi connectivity index (χ2v) is 6.53. The first-order chi connectivity index (χ1) is 10.1. The largest absolute Gasteiger partial charge is 0.265 e. The van der Waals surface area contributed by atoms with E-state index in [2.05, 4.69) is 4.98 Å². The number of aromatic nitrogens is 1. The maximum absolute atomic E-state index is 6.30. The van der Waals surface area contributed by atoms with Gasteiger partial charge in [0, 0.05) is 0 Å². The molecule has 10 radical (unpaired) electrons. The van der Waals surface area contributed by atoms with Gasteiger partial charge in [0.15, 0.2) is 0 Å². The van der Waals surface area contributed by atoms with Crippen LogP contribution in [0.5, 0.6) is 0 Å². The molecule has 98 valence electrons. The number of hydrogen-bond acceptors (Lipinski definition) is 1. The average Bonchev–Trinajstić information content (AvgIpc) is 2.42. The highest BCUT2D eigenvalue weighted by atomic mass is 14.7. The number of nitrogens with zero attached hydrogens (tertiary/aromatic N) is 1. The van der Waals surface area contributed by atoms with Crippen LogP contribution in [0, 0.1) is 5.41 Å². The molecule has 0 atom stereocenters. The van der Waals surface area contributed by atoms with E-state index >= 15 is 0 Å². The van der Waals surface area contributed by atoms with Crippen LogP contribution in [0.1, 0.15) is 26.3 Å². The molecule has 2 aromatic rings. The Morgan fingerprint density at radius 1 is 0.864 bits per heavy atom. The minimum Gasteiger partial charge on any atom is -0.265 e. The van der Waals surface area contributed by atoms with Crippen LogP contribution in [0.25, 0.3) is 11.3 Å². The summed E-state index contributed by atoms with van der Waals surface area (Å²) in [6.45, 7) is 5.73. The van der Waals surface area contributed by atoms with E-state index in [9.17, 15) is 0 Å². The minimum absolute atomic E-state index is 0.200. The van der Waals surface area contributed by atoms with Gasteiger partial charge in [0.25, 0.3) is 0 Å². The monoisotopic (exact) mass is 275 g/mol. The van der Waals surface area contributed by atoms with Crippen LogP contribution in [-0.4, -0.2) is 44.2 Å². The van der Waals surface area contributed by atoms with Gasteiger partial charge in [-0.1, -0.05) is 72.8 Å². The Balaban J connectivity index is 2.70. The number of pyridine rings is 1. The lowest BCUT2D eigenvalue weighted by atomic mass is 9.38. The summed E-state index contributed by atoms with van der Waals surface area (Å²) in [4.78, 5) is 4.40. The topological polar surface area (TPSA) is 12.9 Å². The Labute approximate surface area is 139 Å². The molecule has 0 saturated heterocycles. The molecule has 0 N–H and O–H groups in total. The zero-order valence-electron chi connectivity index (χ0n) is 13.2. The quantitative estimate of drug-likeness (QED) is 0.683. The molecule has 0 bridgehead atoms. The van der Waals surface area contributed by atoms with E-state index in [0.29, 0.717) is 16.7 Å². The zero-order valence-corrected chi connectivity index (χ0v) is 13.2. The predicted molar refractivity (Wildman–Crippen MR) is 98.5 cm³/mol. The first kappa shape index (κ1) is 17.1. The normalized spacial score (nSPS) is 12.3. The summed E-state index contributed by atoms with van der Waals surface area (Å²) in [7, 11) is 31.1. The van der Waals surface area contributed by atoms with Gasteiger partial charge in [0.2, 0.25) is 0 Å². The van der Waals surface area contributed by atoms with Crippen molar-refractivity contribution in [2.24, 2.45) is 5.41 Å². The van der Waals surface area contributed by atoms with E-state index in [1.807, 2.05) is 51.1 Å². The van der Waals surface area contributed by atoms with Crippen LogP contribution in [-0.2, 0) is 5.21 Å². The van der Waals surface area contributed by atoms with E-state index < -0.39 is 10.6 Å². The van der Waals surface area contributed by atoms with Gasteiger partial charge in [0.1, 0.15) is 23.5 Å². The molecular weight excluding hydrogens is 260 g/mol. The summed E-state index contributed by atoms with van der Waals surface area (Å²) in [5.41, 5.74) is 2.09. The molecule has 0 fully saturated rings. The molecular formula is C16H14B5N. The first-order valence-corrected chi connectivity index (χ1v) is 7.05. The fourth-order valence-corrected chi connectivity index (χ4v) is 2.26. The Bertz CT molecular complexity index is 690. The lowest BCUT2D eigenvalue weighted by Gasteiger charge is -2.43. The molecule has 2 rings (SSSR count). The van der Waals surface area contributed by atoms with E-state index in [4.69, 9.17) is 39.2 Å². The Hall–Kier alpha value is -1.31. The zero-order chi connectivity index (χ0) is 16.7. The van der Waals surface area contributed by atoms with Crippen molar-refractivity contribution < 1.29 is 0 Å². The molecule has 0 aliphatic heterocycles. The molecule has 1 aromatic carbocycles. The summed E-state index contributed by atoms with van der Waals surface area (Å²) in [6, 6.07) is 9.47. The van der Waals surface area contributed by atoms with Crippen molar-refractivity contribution in [3.05, 3.63) is 35.9 Å². The third-order valence-electron chi connectivity index (χ3n) is 4.00. The highest BCUT2D eigenvalue weighted by Crippen LogP contribution is 2.34. The Kier molecular flexibility index (Phi) is 4.43. The van der Waals surface area contributed by atoms with Crippen LogP contribution in [0.15, 0.2) is 30.3 Å². The second-order valence-electron chi connectivity index (χ2n) is 6.53. The SMILES string of the molecule is [B]c1nc(-c2ccccc2)c([B])c([B])c1C([B])([B])C(C)(C)C. The predicted octanol–water partition coefficient (Wildman–Crippen LogP) is -0.334. The summed E-state index contributed by atoms with van der Waals surface area (Å²) in [5, 5.41) is -1.25. The van der Waals surface area contributed by atoms with Gasteiger partial charge in [-0.15, -0.1) is 0 Å². The lowest BCUT2D eigenvalue weighted by Crippen LogP contribution is -2.52.